The maximum absolute atomic E-state index is 12.9. The number of amides is 3. The third-order valence-corrected chi connectivity index (χ3v) is 8.40. The Kier molecular flexibility index (Phi) is 6.25. The fourth-order valence-corrected chi connectivity index (χ4v) is 7.26. The molecule has 1 aromatic rings. The second-order valence-electron chi connectivity index (χ2n) is 10.7. The zero-order valence-corrected chi connectivity index (χ0v) is 20.0. The molecule has 33 heavy (non-hydrogen) atoms. The molecule has 7 nitrogen and oxygen atoms in total. The number of hydrogen-bond acceptors (Lipinski definition) is 5. The highest BCUT2D eigenvalue weighted by Gasteiger charge is 2.51. The zero-order chi connectivity index (χ0) is 23.0. The molecule has 1 atom stereocenters. The number of rotatable bonds is 6. The third kappa shape index (κ3) is 4.70. The smallest absolute Gasteiger partial charge is 0.321 e. The minimum absolute atomic E-state index is 0.0814. The van der Waals surface area contributed by atoms with Gasteiger partial charge in [-0.05, 0) is 82.3 Å². The lowest BCUT2D eigenvalue weighted by atomic mass is 9.53. The molecule has 3 amide bonds. The van der Waals surface area contributed by atoms with E-state index < -0.39 is 0 Å². The summed E-state index contributed by atoms with van der Waals surface area (Å²) in [4.78, 5) is 30.1. The van der Waals surface area contributed by atoms with E-state index >= 15 is 0 Å². The normalized spacial score (nSPS) is 31.8. The summed E-state index contributed by atoms with van der Waals surface area (Å²) in [6, 6.07) is 7.47. The summed E-state index contributed by atoms with van der Waals surface area (Å²) in [6.45, 7) is 7.71. The van der Waals surface area contributed by atoms with E-state index in [1.54, 1.807) is 0 Å². The summed E-state index contributed by atoms with van der Waals surface area (Å²) in [5.74, 6) is 2.97. The fraction of sp³-hybridized carbons (Fsp3) is 0.692. The van der Waals surface area contributed by atoms with Crippen LogP contribution in [0.25, 0.3) is 0 Å². The Hall–Kier alpha value is -2.28. The van der Waals surface area contributed by atoms with Crippen molar-refractivity contribution in [1.29, 1.82) is 0 Å². The van der Waals surface area contributed by atoms with Gasteiger partial charge in [0.25, 0.3) is 0 Å². The molecule has 180 valence electrons. The molecule has 1 heterocycles. The van der Waals surface area contributed by atoms with Gasteiger partial charge in [0.2, 0.25) is 5.91 Å². The summed E-state index contributed by atoms with van der Waals surface area (Å²) < 4.78 is 5.78. The molecule has 1 saturated heterocycles. The molecule has 4 bridgehead atoms. The molecule has 1 aliphatic heterocycles. The minimum atomic E-state index is -0.337. The van der Waals surface area contributed by atoms with Crippen LogP contribution in [0.1, 0.15) is 52.4 Å². The highest BCUT2D eigenvalue weighted by molar-refractivity contribution is 5.97. The number of benzene rings is 1. The molecular weight excluding hydrogens is 416 g/mol. The van der Waals surface area contributed by atoms with Crippen molar-refractivity contribution >= 4 is 17.6 Å². The molecule has 6 rings (SSSR count). The van der Waals surface area contributed by atoms with Gasteiger partial charge in [-0.3, -0.25) is 15.0 Å². The van der Waals surface area contributed by atoms with Crippen molar-refractivity contribution in [3.05, 3.63) is 24.3 Å². The molecule has 4 saturated carbocycles. The molecule has 1 aromatic carbocycles. The number of ether oxygens (including phenoxy) is 1. The minimum Gasteiger partial charge on any atom is -0.492 e. The monoisotopic (exact) mass is 454 g/mol. The largest absolute Gasteiger partial charge is 0.492 e. The van der Waals surface area contributed by atoms with Gasteiger partial charge in [0.1, 0.15) is 5.75 Å². The number of nitrogens with one attached hydrogen (secondary N) is 2. The molecule has 2 N–H and O–H groups in total. The molecule has 4 aliphatic carbocycles. The van der Waals surface area contributed by atoms with Crippen LogP contribution in [0.2, 0.25) is 0 Å². The van der Waals surface area contributed by atoms with E-state index in [0.717, 1.165) is 74.6 Å². The van der Waals surface area contributed by atoms with Gasteiger partial charge in [-0.15, -0.1) is 0 Å². The first-order valence-electron chi connectivity index (χ1n) is 12.8. The van der Waals surface area contributed by atoms with Crippen LogP contribution in [0.5, 0.6) is 5.75 Å². The predicted octanol–water partition coefficient (Wildman–Crippen LogP) is 3.39. The van der Waals surface area contributed by atoms with Crippen LogP contribution in [-0.4, -0.2) is 61.2 Å². The Morgan fingerprint density at radius 1 is 1.03 bits per heavy atom. The number of urea groups is 1. The number of anilines is 1. The van der Waals surface area contributed by atoms with E-state index in [-0.39, 0.29) is 23.5 Å². The summed E-state index contributed by atoms with van der Waals surface area (Å²) >= 11 is 0. The number of para-hydroxylation sites is 2. The second-order valence-corrected chi connectivity index (χ2v) is 10.7. The first-order valence-corrected chi connectivity index (χ1v) is 12.8. The van der Waals surface area contributed by atoms with Gasteiger partial charge in [-0.2, -0.15) is 0 Å². The van der Waals surface area contributed by atoms with E-state index in [0.29, 0.717) is 6.61 Å². The molecule has 1 unspecified atom stereocenters. The van der Waals surface area contributed by atoms with Crippen molar-refractivity contribution in [2.75, 3.05) is 37.7 Å². The second kappa shape index (κ2) is 9.16. The van der Waals surface area contributed by atoms with Crippen molar-refractivity contribution < 1.29 is 14.3 Å². The van der Waals surface area contributed by atoms with Crippen molar-refractivity contribution in [3.8, 4) is 5.75 Å². The SMILES string of the molecule is CCOc1ccccc1N1CCN(C(C)C(=O)NC(=O)NC23CC4CC(CC(C4)C2)C3)CC1. The maximum atomic E-state index is 12.9. The van der Waals surface area contributed by atoms with Gasteiger partial charge in [0.15, 0.2) is 0 Å². The third-order valence-electron chi connectivity index (χ3n) is 8.40. The first kappa shape index (κ1) is 22.5. The topological polar surface area (TPSA) is 73.9 Å². The highest BCUT2D eigenvalue weighted by Crippen LogP contribution is 2.55. The van der Waals surface area contributed by atoms with Gasteiger partial charge >= 0.3 is 6.03 Å². The molecular formula is C26H38N4O3. The highest BCUT2D eigenvalue weighted by atomic mass is 16.5. The Balaban J connectivity index is 1.12. The van der Waals surface area contributed by atoms with Crippen molar-refractivity contribution in [1.82, 2.24) is 15.5 Å². The number of imide groups is 1. The van der Waals surface area contributed by atoms with E-state index in [2.05, 4.69) is 26.5 Å². The van der Waals surface area contributed by atoms with Crippen LogP contribution in [0.4, 0.5) is 10.5 Å². The standard InChI is InChI=1S/C26H38N4O3/c1-3-33-23-7-5-4-6-22(23)30-10-8-29(9-11-30)18(2)24(31)27-25(32)28-26-15-19-12-20(16-26)14-21(13-19)17-26/h4-7,18-21H,3,8-17H2,1-2H3,(H2,27,28,31,32). The summed E-state index contributed by atoms with van der Waals surface area (Å²) in [6.07, 6.45) is 7.25. The van der Waals surface area contributed by atoms with Gasteiger partial charge in [0.05, 0.1) is 18.3 Å². The van der Waals surface area contributed by atoms with Gasteiger partial charge in [0, 0.05) is 31.7 Å². The van der Waals surface area contributed by atoms with E-state index in [4.69, 9.17) is 4.74 Å². The number of piperazine rings is 1. The van der Waals surface area contributed by atoms with Crippen molar-refractivity contribution in [2.24, 2.45) is 17.8 Å². The average Bonchev–Trinajstić information content (AvgIpc) is 2.78. The molecule has 0 aromatic heterocycles. The molecule has 5 aliphatic rings. The van der Waals surface area contributed by atoms with Crippen molar-refractivity contribution in [2.45, 2.75) is 64.0 Å². The first-order chi connectivity index (χ1) is 15.9. The van der Waals surface area contributed by atoms with E-state index in [9.17, 15) is 9.59 Å². The van der Waals surface area contributed by atoms with Crippen LogP contribution in [-0.2, 0) is 4.79 Å². The van der Waals surface area contributed by atoms with Crippen molar-refractivity contribution in [3.63, 3.8) is 0 Å². The van der Waals surface area contributed by atoms with Gasteiger partial charge < -0.3 is 15.0 Å². The summed E-state index contributed by atoms with van der Waals surface area (Å²) in [7, 11) is 0. The summed E-state index contributed by atoms with van der Waals surface area (Å²) in [5.41, 5.74) is 1.02. The lowest BCUT2D eigenvalue weighted by molar-refractivity contribution is -0.125. The molecule has 0 spiro atoms. The fourth-order valence-electron chi connectivity index (χ4n) is 7.26. The van der Waals surface area contributed by atoms with Gasteiger partial charge in [-0.1, -0.05) is 12.1 Å². The van der Waals surface area contributed by atoms with E-state index in [1.807, 2.05) is 32.0 Å². The zero-order valence-electron chi connectivity index (χ0n) is 20.0. The van der Waals surface area contributed by atoms with Gasteiger partial charge in [-0.25, -0.2) is 4.79 Å². The van der Waals surface area contributed by atoms with E-state index in [1.165, 1.54) is 19.3 Å². The number of carbonyl (C=O) groups is 2. The van der Waals surface area contributed by atoms with Crippen LogP contribution < -0.4 is 20.3 Å². The lowest BCUT2D eigenvalue weighted by Gasteiger charge is -2.56. The Bertz CT molecular complexity index is 845. The summed E-state index contributed by atoms with van der Waals surface area (Å²) in [5, 5.41) is 5.90. The Morgan fingerprint density at radius 3 is 2.24 bits per heavy atom. The van der Waals surface area contributed by atoms with Crippen LogP contribution in [0.3, 0.4) is 0 Å². The number of nitrogens with zero attached hydrogens (tertiary/aromatic N) is 2. The quantitative estimate of drug-likeness (QED) is 0.689. The Morgan fingerprint density at radius 2 is 1.64 bits per heavy atom. The Labute approximate surface area is 197 Å². The molecule has 0 radical (unpaired) electrons. The predicted molar refractivity (Wildman–Crippen MR) is 128 cm³/mol. The number of hydrogen-bond donors (Lipinski definition) is 2. The molecule has 5 fully saturated rings. The van der Waals surface area contributed by atoms with Crippen LogP contribution in [0, 0.1) is 17.8 Å². The maximum Gasteiger partial charge on any atom is 0.321 e. The van der Waals surface area contributed by atoms with Crippen LogP contribution >= 0.6 is 0 Å². The molecule has 7 heteroatoms. The lowest BCUT2D eigenvalue weighted by Crippen LogP contribution is -2.63. The number of carbonyl (C=O) groups excluding carboxylic acids is 2. The van der Waals surface area contributed by atoms with Crippen LogP contribution in [0.15, 0.2) is 24.3 Å². The average molecular weight is 455 g/mol.